The standard InChI is InChI=1S/C9H6N2O2/c12-5-8(13)7-4-11-9-6(7)2-1-3-10-9/h1-5H,(H,10,11). The Hall–Kier alpha value is -1.97. The summed E-state index contributed by atoms with van der Waals surface area (Å²) in [6, 6.07) is 3.47. The zero-order chi connectivity index (χ0) is 9.26. The van der Waals surface area contributed by atoms with E-state index in [1.807, 2.05) is 0 Å². The molecule has 0 fully saturated rings. The van der Waals surface area contributed by atoms with E-state index in [0.717, 1.165) is 0 Å². The van der Waals surface area contributed by atoms with E-state index in [1.165, 1.54) is 6.20 Å². The van der Waals surface area contributed by atoms with Crippen LogP contribution in [-0.4, -0.2) is 22.0 Å². The van der Waals surface area contributed by atoms with Crippen molar-refractivity contribution in [2.24, 2.45) is 0 Å². The molecule has 0 bridgehead atoms. The molecule has 0 aliphatic carbocycles. The molecule has 1 N–H and O–H groups in total. The van der Waals surface area contributed by atoms with Crippen molar-refractivity contribution < 1.29 is 9.59 Å². The molecule has 0 radical (unpaired) electrons. The molecule has 0 saturated heterocycles. The van der Waals surface area contributed by atoms with E-state index in [9.17, 15) is 9.59 Å². The van der Waals surface area contributed by atoms with Gasteiger partial charge >= 0.3 is 0 Å². The topological polar surface area (TPSA) is 62.8 Å². The summed E-state index contributed by atoms with van der Waals surface area (Å²) in [6.07, 6.45) is 3.41. The number of pyridine rings is 1. The van der Waals surface area contributed by atoms with Gasteiger partial charge in [0.15, 0.2) is 6.29 Å². The Morgan fingerprint density at radius 3 is 3.15 bits per heavy atom. The van der Waals surface area contributed by atoms with Gasteiger partial charge in [-0.05, 0) is 12.1 Å². The van der Waals surface area contributed by atoms with Gasteiger partial charge in [-0.2, -0.15) is 0 Å². The molecular formula is C9H6N2O2. The minimum absolute atomic E-state index is 0.301. The first-order valence-corrected chi connectivity index (χ1v) is 3.74. The van der Waals surface area contributed by atoms with Crippen molar-refractivity contribution in [3.8, 4) is 0 Å². The number of ketones is 1. The van der Waals surface area contributed by atoms with Gasteiger partial charge in [-0.25, -0.2) is 4.98 Å². The highest BCUT2D eigenvalue weighted by molar-refractivity contribution is 6.36. The van der Waals surface area contributed by atoms with Crippen LogP contribution in [0.4, 0.5) is 0 Å². The van der Waals surface area contributed by atoms with Gasteiger partial charge in [0.1, 0.15) is 5.65 Å². The Balaban J connectivity index is 2.71. The monoisotopic (exact) mass is 174 g/mol. The number of hydrogen-bond donors (Lipinski definition) is 1. The minimum Gasteiger partial charge on any atom is -0.345 e. The van der Waals surface area contributed by atoms with E-state index < -0.39 is 5.78 Å². The van der Waals surface area contributed by atoms with Crippen LogP contribution in [0, 0.1) is 0 Å². The summed E-state index contributed by atoms with van der Waals surface area (Å²) in [7, 11) is 0. The van der Waals surface area contributed by atoms with E-state index in [2.05, 4.69) is 9.97 Å². The van der Waals surface area contributed by atoms with Crippen LogP contribution in [0.15, 0.2) is 24.5 Å². The van der Waals surface area contributed by atoms with E-state index in [1.54, 1.807) is 18.3 Å². The molecule has 4 heteroatoms. The molecule has 4 nitrogen and oxygen atoms in total. The van der Waals surface area contributed by atoms with Gasteiger partial charge in [-0.3, -0.25) is 9.59 Å². The van der Waals surface area contributed by atoms with Crippen molar-refractivity contribution in [2.75, 3.05) is 0 Å². The third kappa shape index (κ3) is 1.12. The average Bonchev–Trinajstić information content (AvgIpc) is 2.60. The molecule has 2 rings (SSSR count). The summed E-state index contributed by atoms with van der Waals surface area (Å²) in [5, 5.41) is 0.680. The number of nitrogens with one attached hydrogen (secondary N) is 1. The SMILES string of the molecule is O=CC(=O)c1c[nH]c2ncccc12. The van der Waals surface area contributed by atoms with Crippen molar-refractivity contribution in [1.82, 2.24) is 9.97 Å². The number of hydrogen-bond acceptors (Lipinski definition) is 3. The van der Waals surface area contributed by atoms with Crippen molar-refractivity contribution in [2.45, 2.75) is 0 Å². The van der Waals surface area contributed by atoms with Gasteiger partial charge in [0, 0.05) is 17.8 Å². The first-order valence-electron chi connectivity index (χ1n) is 3.74. The number of Topliss-reactive ketones (excluding diaryl/α,β-unsaturated/α-hetero) is 1. The van der Waals surface area contributed by atoms with Crippen molar-refractivity contribution in [1.29, 1.82) is 0 Å². The lowest BCUT2D eigenvalue weighted by molar-refractivity contribution is -0.104. The number of aromatic nitrogens is 2. The summed E-state index contributed by atoms with van der Waals surface area (Å²) in [6.45, 7) is 0. The zero-order valence-corrected chi connectivity index (χ0v) is 6.65. The van der Waals surface area contributed by atoms with Gasteiger partial charge in [-0.15, -0.1) is 0 Å². The average molecular weight is 174 g/mol. The fraction of sp³-hybridized carbons (Fsp3) is 0. The fourth-order valence-corrected chi connectivity index (χ4v) is 1.22. The van der Waals surface area contributed by atoms with E-state index >= 15 is 0 Å². The maximum atomic E-state index is 11.1. The number of carbonyl (C=O) groups is 2. The molecule has 13 heavy (non-hydrogen) atoms. The third-order valence-corrected chi connectivity index (χ3v) is 1.82. The molecule has 64 valence electrons. The quantitative estimate of drug-likeness (QED) is 0.418. The fourth-order valence-electron chi connectivity index (χ4n) is 1.22. The predicted molar refractivity (Wildman–Crippen MR) is 46.5 cm³/mol. The number of aldehydes is 1. The first-order chi connectivity index (χ1) is 6.33. The van der Waals surface area contributed by atoms with E-state index in [-0.39, 0.29) is 0 Å². The van der Waals surface area contributed by atoms with Gasteiger partial charge in [0.2, 0.25) is 5.78 Å². The maximum absolute atomic E-state index is 11.1. The van der Waals surface area contributed by atoms with Crippen LogP contribution in [-0.2, 0) is 4.79 Å². The number of fused-ring (bicyclic) bond motifs is 1. The minimum atomic E-state index is -0.528. The smallest absolute Gasteiger partial charge is 0.227 e. The number of aromatic amines is 1. The van der Waals surface area contributed by atoms with Crippen molar-refractivity contribution in [3.05, 3.63) is 30.1 Å². The molecule has 0 saturated carbocycles. The predicted octanol–water partition coefficient (Wildman–Crippen LogP) is 0.944. The second-order valence-electron chi connectivity index (χ2n) is 2.58. The molecule has 2 heterocycles. The highest BCUT2D eigenvalue weighted by Crippen LogP contribution is 2.14. The van der Waals surface area contributed by atoms with E-state index in [0.29, 0.717) is 22.9 Å². The molecule has 2 aromatic heterocycles. The van der Waals surface area contributed by atoms with E-state index in [4.69, 9.17) is 0 Å². The van der Waals surface area contributed by atoms with Crippen LogP contribution in [0.2, 0.25) is 0 Å². The van der Waals surface area contributed by atoms with Crippen LogP contribution in [0.1, 0.15) is 10.4 Å². The Labute approximate surface area is 73.6 Å². The summed E-state index contributed by atoms with van der Waals surface area (Å²) in [5.74, 6) is -0.528. The molecule has 0 unspecified atom stereocenters. The molecule has 0 aromatic carbocycles. The van der Waals surface area contributed by atoms with Gasteiger partial charge in [-0.1, -0.05) is 0 Å². The molecule has 2 aromatic rings. The Bertz CT molecular complexity index is 473. The van der Waals surface area contributed by atoms with Crippen molar-refractivity contribution in [3.63, 3.8) is 0 Å². The lowest BCUT2D eigenvalue weighted by Crippen LogP contribution is -1.97. The maximum Gasteiger partial charge on any atom is 0.227 e. The van der Waals surface area contributed by atoms with Crippen LogP contribution in [0.25, 0.3) is 11.0 Å². The lowest BCUT2D eigenvalue weighted by Gasteiger charge is -1.89. The molecular weight excluding hydrogens is 168 g/mol. The molecule has 0 amide bonds. The first kappa shape index (κ1) is 7.67. The Kier molecular flexibility index (Phi) is 1.66. The molecule has 0 atom stereocenters. The second-order valence-corrected chi connectivity index (χ2v) is 2.58. The Morgan fingerprint density at radius 1 is 1.54 bits per heavy atom. The normalized spacial score (nSPS) is 10.2. The highest BCUT2D eigenvalue weighted by atomic mass is 16.2. The van der Waals surface area contributed by atoms with Gasteiger partial charge in [0.05, 0.1) is 5.56 Å². The molecule has 0 aliphatic heterocycles. The van der Waals surface area contributed by atoms with Crippen molar-refractivity contribution >= 4 is 23.1 Å². The largest absolute Gasteiger partial charge is 0.345 e. The number of nitrogens with zero attached hydrogens (tertiary/aromatic N) is 1. The van der Waals surface area contributed by atoms with Crippen LogP contribution in [0.3, 0.4) is 0 Å². The molecule has 0 spiro atoms. The molecule has 0 aliphatic rings. The second kappa shape index (κ2) is 2.82. The number of rotatable bonds is 2. The Morgan fingerprint density at radius 2 is 2.38 bits per heavy atom. The van der Waals surface area contributed by atoms with Gasteiger partial charge < -0.3 is 4.98 Å². The summed E-state index contributed by atoms with van der Waals surface area (Å²) < 4.78 is 0. The summed E-state index contributed by atoms with van der Waals surface area (Å²) >= 11 is 0. The number of carbonyl (C=O) groups excluding carboxylic acids is 2. The van der Waals surface area contributed by atoms with Gasteiger partial charge in [0.25, 0.3) is 0 Å². The highest BCUT2D eigenvalue weighted by Gasteiger charge is 2.10. The third-order valence-electron chi connectivity index (χ3n) is 1.82. The lowest BCUT2D eigenvalue weighted by atomic mass is 10.1. The zero-order valence-electron chi connectivity index (χ0n) is 6.65. The summed E-state index contributed by atoms with van der Waals surface area (Å²) in [5.41, 5.74) is 0.991. The number of H-pyrrole nitrogens is 1. The van der Waals surface area contributed by atoms with Crippen LogP contribution < -0.4 is 0 Å². The van der Waals surface area contributed by atoms with Crippen LogP contribution in [0.5, 0.6) is 0 Å². The summed E-state index contributed by atoms with van der Waals surface area (Å²) in [4.78, 5) is 28.1. The van der Waals surface area contributed by atoms with Crippen LogP contribution >= 0.6 is 0 Å².